The minimum absolute atomic E-state index is 0.0230. The Morgan fingerprint density at radius 1 is 1.12 bits per heavy atom. The Morgan fingerprint density at radius 2 is 1.88 bits per heavy atom. The lowest BCUT2D eigenvalue weighted by Crippen LogP contribution is -2.51. The molecule has 3 unspecified atom stereocenters. The van der Waals surface area contributed by atoms with Gasteiger partial charge < -0.3 is 15.3 Å². The number of fused-ring (bicyclic) bond motifs is 5. The first-order chi connectivity index (χ1) is 11.3. The van der Waals surface area contributed by atoms with Gasteiger partial charge in [0.2, 0.25) is 0 Å². The van der Waals surface area contributed by atoms with Crippen LogP contribution in [0.3, 0.4) is 0 Å². The summed E-state index contributed by atoms with van der Waals surface area (Å²) in [5.41, 5.74) is 1.82. The van der Waals surface area contributed by atoms with Crippen LogP contribution in [0.1, 0.15) is 65.7 Å². The first kappa shape index (κ1) is 17.1. The van der Waals surface area contributed by atoms with Gasteiger partial charge in [0, 0.05) is 5.92 Å². The highest BCUT2D eigenvalue weighted by atomic mass is 16.3. The van der Waals surface area contributed by atoms with E-state index < -0.39 is 6.10 Å². The van der Waals surface area contributed by atoms with E-state index in [1.165, 1.54) is 12.0 Å². The molecule has 0 heterocycles. The number of hydrogen-bond acceptors (Lipinski definition) is 3. The first-order valence-corrected chi connectivity index (χ1v) is 10.0. The van der Waals surface area contributed by atoms with Crippen molar-refractivity contribution in [1.82, 2.24) is 0 Å². The highest BCUT2D eigenvalue weighted by Crippen LogP contribution is 2.66. The van der Waals surface area contributed by atoms with Crippen molar-refractivity contribution in [3.05, 3.63) is 11.6 Å². The average molecular weight is 335 g/mol. The van der Waals surface area contributed by atoms with Gasteiger partial charge in [0.1, 0.15) is 0 Å². The van der Waals surface area contributed by atoms with Crippen LogP contribution in [0, 0.1) is 34.5 Å². The fraction of sp³-hybridized carbons (Fsp3) is 0.905. The minimum Gasteiger partial charge on any atom is -0.393 e. The van der Waals surface area contributed by atoms with Gasteiger partial charge in [-0.15, -0.1) is 0 Å². The molecule has 4 aliphatic rings. The quantitative estimate of drug-likeness (QED) is 0.645. The van der Waals surface area contributed by atoms with Crippen molar-refractivity contribution in [3.8, 4) is 0 Å². The highest BCUT2D eigenvalue weighted by Gasteiger charge is 2.61. The van der Waals surface area contributed by atoms with E-state index in [9.17, 15) is 15.3 Å². The van der Waals surface area contributed by atoms with Crippen LogP contribution in [0.5, 0.6) is 0 Å². The molecule has 0 aliphatic heterocycles. The van der Waals surface area contributed by atoms with Crippen LogP contribution in [-0.4, -0.2) is 33.6 Å². The Morgan fingerprint density at radius 3 is 2.58 bits per heavy atom. The van der Waals surface area contributed by atoms with Gasteiger partial charge in [-0.05, 0) is 80.5 Å². The van der Waals surface area contributed by atoms with Gasteiger partial charge in [0.25, 0.3) is 0 Å². The van der Waals surface area contributed by atoms with E-state index in [4.69, 9.17) is 0 Å². The lowest BCUT2D eigenvalue weighted by Gasteiger charge is -2.58. The molecule has 3 N–H and O–H groups in total. The summed E-state index contributed by atoms with van der Waals surface area (Å²) < 4.78 is 0. The Labute approximate surface area is 146 Å². The molecule has 9 atom stereocenters. The molecule has 0 amide bonds. The molecular weight excluding hydrogens is 300 g/mol. The van der Waals surface area contributed by atoms with E-state index in [2.05, 4.69) is 19.9 Å². The molecule has 0 aromatic heterocycles. The lowest BCUT2D eigenvalue weighted by atomic mass is 9.47. The van der Waals surface area contributed by atoms with Crippen LogP contribution in [0.15, 0.2) is 11.6 Å². The predicted octanol–water partition coefficient (Wildman–Crippen LogP) is 3.28. The molecule has 136 valence electrons. The molecule has 0 spiro atoms. The third-order valence-corrected chi connectivity index (χ3v) is 8.71. The van der Waals surface area contributed by atoms with Crippen molar-refractivity contribution in [3.63, 3.8) is 0 Å². The van der Waals surface area contributed by atoms with Crippen LogP contribution in [0.2, 0.25) is 0 Å². The molecule has 4 aliphatic carbocycles. The second-order valence-corrected chi connectivity index (χ2v) is 9.77. The largest absolute Gasteiger partial charge is 0.393 e. The summed E-state index contributed by atoms with van der Waals surface area (Å²) in [7, 11) is 0. The topological polar surface area (TPSA) is 60.7 Å². The summed E-state index contributed by atoms with van der Waals surface area (Å²) in [4.78, 5) is 0. The van der Waals surface area contributed by atoms with Gasteiger partial charge in [-0.2, -0.15) is 0 Å². The van der Waals surface area contributed by atoms with E-state index in [0.717, 1.165) is 38.5 Å². The van der Waals surface area contributed by atoms with E-state index in [-0.39, 0.29) is 29.0 Å². The number of aliphatic hydroxyl groups excluding tert-OH is 3. The van der Waals surface area contributed by atoms with Crippen molar-refractivity contribution in [2.75, 3.05) is 0 Å². The van der Waals surface area contributed by atoms with E-state index in [1.807, 2.05) is 6.92 Å². The molecule has 4 rings (SSSR count). The van der Waals surface area contributed by atoms with Gasteiger partial charge in [0.05, 0.1) is 18.3 Å². The van der Waals surface area contributed by atoms with Crippen molar-refractivity contribution in [1.29, 1.82) is 0 Å². The van der Waals surface area contributed by atoms with Crippen LogP contribution < -0.4 is 0 Å². The third kappa shape index (κ3) is 2.20. The highest BCUT2D eigenvalue weighted by molar-refractivity contribution is 5.25. The zero-order valence-corrected chi connectivity index (χ0v) is 15.4. The monoisotopic (exact) mass is 334 g/mol. The van der Waals surface area contributed by atoms with Crippen LogP contribution in [-0.2, 0) is 0 Å². The lowest BCUT2D eigenvalue weighted by molar-refractivity contribution is -0.0761. The molecule has 0 bridgehead atoms. The summed E-state index contributed by atoms with van der Waals surface area (Å²) in [6.45, 7) is 6.62. The fourth-order valence-electron chi connectivity index (χ4n) is 7.57. The zero-order valence-electron chi connectivity index (χ0n) is 15.4. The summed E-state index contributed by atoms with van der Waals surface area (Å²) >= 11 is 0. The maximum atomic E-state index is 10.7. The zero-order chi connectivity index (χ0) is 17.3. The summed E-state index contributed by atoms with van der Waals surface area (Å²) in [6.07, 6.45) is 8.67. The van der Waals surface area contributed by atoms with Gasteiger partial charge in [-0.25, -0.2) is 0 Å². The molecule has 3 nitrogen and oxygen atoms in total. The number of allylic oxidation sites excluding steroid dienone is 1. The normalized spacial score (nSPS) is 55.2. The van der Waals surface area contributed by atoms with Crippen molar-refractivity contribution in [2.24, 2.45) is 34.5 Å². The number of aliphatic hydroxyl groups is 3. The Balaban J connectivity index is 1.67. The van der Waals surface area contributed by atoms with Gasteiger partial charge in [-0.1, -0.05) is 25.5 Å². The predicted molar refractivity (Wildman–Crippen MR) is 94.3 cm³/mol. The second-order valence-electron chi connectivity index (χ2n) is 9.77. The molecule has 0 aromatic carbocycles. The van der Waals surface area contributed by atoms with Gasteiger partial charge in [-0.3, -0.25) is 0 Å². The summed E-state index contributed by atoms with van der Waals surface area (Å²) in [5, 5.41) is 31.0. The second kappa shape index (κ2) is 5.56. The van der Waals surface area contributed by atoms with Gasteiger partial charge >= 0.3 is 0 Å². The molecule has 0 aromatic rings. The van der Waals surface area contributed by atoms with Crippen molar-refractivity contribution < 1.29 is 15.3 Å². The van der Waals surface area contributed by atoms with Crippen molar-refractivity contribution >= 4 is 0 Å². The van der Waals surface area contributed by atoms with E-state index >= 15 is 0 Å². The Hall–Kier alpha value is -0.380. The molecule has 24 heavy (non-hydrogen) atoms. The van der Waals surface area contributed by atoms with Crippen molar-refractivity contribution in [2.45, 2.75) is 84.0 Å². The third-order valence-electron chi connectivity index (χ3n) is 8.71. The summed E-state index contributed by atoms with van der Waals surface area (Å²) in [5.74, 6) is 1.86. The molecular formula is C21H34O3. The minimum atomic E-state index is -0.429. The maximum Gasteiger partial charge on any atom is 0.0601 e. The number of rotatable bonds is 1. The molecule has 0 radical (unpaired) electrons. The van der Waals surface area contributed by atoms with E-state index in [1.54, 1.807) is 0 Å². The van der Waals surface area contributed by atoms with E-state index in [0.29, 0.717) is 17.8 Å². The number of hydrogen-bond donors (Lipinski definition) is 3. The first-order valence-electron chi connectivity index (χ1n) is 10.0. The molecule has 0 saturated heterocycles. The summed E-state index contributed by atoms with van der Waals surface area (Å²) in [6, 6.07) is 0. The Kier molecular flexibility index (Phi) is 3.95. The smallest absolute Gasteiger partial charge is 0.0601 e. The molecule has 3 fully saturated rings. The van der Waals surface area contributed by atoms with Crippen LogP contribution >= 0.6 is 0 Å². The fourth-order valence-corrected chi connectivity index (χ4v) is 7.57. The van der Waals surface area contributed by atoms with Crippen LogP contribution in [0.4, 0.5) is 0 Å². The SMILES string of the molecule is CC(O)[C@H]1C(O)C[C@H]2[C@@H]3CC=C4CC(O)CC[C@]4(C)[C@H]3CC[C@]12C. The molecule has 3 saturated carbocycles. The average Bonchev–Trinajstić information content (AvgIpc) is 2.78. The maximum absolute atomic E-state index is 10.7. The standard InChI is InChI=1S/C21H34O3/c1-12(22)19-18(24)11-17-15-5-4-13-10-14(23)6-8-20(13,2)16(15)7-9-21(17,19)3/h4,12,14-19,22-24H,5-11H2,1-3H3/t12?,14?,15-,16+,17+,18?,19+,20+,21+/m1/s1. The Bertz CT molecular complexity index is 541. The molecule has 3 heteroatoms. The van der Waals surface area contributed by atoms with Gasteiger partial charge in [0.15, 0.2) is 0 Å². The van der Waals surface area contributed by atoms with Crippen LogP contribution in [0.25, 0.3) is 0 Å².